The van der Waals surface area contributed by atoms with Crippen LogP contribution < -0.4 is 10.2 Å². The van der Waals surface area contributed by atoms with Crippen molar-refractivity contribution in [2.24, 2.45) is 0 Å². The van der Waals surface area contributed by atoms with Crippen molar-refractivity contribution in [3.05, 3.63) is 89.7 Å². The zero-order valence-electron chi connectivity index (χ0n) is 15.1. The quantitative estimate of drug-likeness (QED) is 0.716. The van der Waals surface area contributed by atoms with Gasteiger partial charge >= 0.3 is 0 Å². The smallest absolute Gasteiger partial charge is 0.270 e. The lowest BCUT2D eigenvalue weighted by Crippen LogP contribution is -2.25. The predicted molar refractivity (Wildman–Crippen MR) is 106 cm³/mol. The summed E-state index contributed by atoms with van der Waals surface area (Å²) >= 11 is 0. The van der Waals surface area contributed by atoms with E-state index in [2.05, 4.69) is 34.3 Å². The van der Waals surface area contributed by atoms with Gasteiger partial charge < -0.3 is 10.2 Å². The molecule has 3 aromatic rings. The third-order valence-corrected chi connectivity index (χ3v) is 4.37. The molecular weight excluding hydrogens is 322 g/mol. The van der Waals surface area contributed by atoms with Crippen LogP contribution in [0.3, 0.4) is 0 Å². The van der Waals surface area contributed by atoms with Gasteiger partial charge in [0.25, 0.3) is 5.91 Å². The molecule has 3 rings (SSSR count). The molecule has 0 fully saturated rings. The van der Waals surface area contributed by atoms with Crippen molar-refractivity contribution in [1.29, 1.82) is 0 Å². The van der Waals surface area contributed by atoms with E-state index in [-0.39, 0.29) is 5.91 Å². The summed E-state index contributed by atoms with van der Waals surface area (Å²) in [4.78, 5) is 18.9. The molecule has 0 saturated carbocycles. The summed E-state index contributed by atoms with van der Waals surface area (Å²) < 4.78 is 0. The van der Waals surface area contributed by atoms with Gasteiger partial charge in [-0.25, -0.2) is 0 Å². The lowest BCUT2D eigenvalue weighted by Gasteiger charge is -2.23. The maximum Gasteiger partial charge on any atom is 0.270 e. The molecule has 0 atom stereocenters. The van der Waals surface area contributed by atoms with Crippen molar-refractivity contribution in [3.63, 3.8) is 0 Å². The van der Waals surface area contributed by atoms with Crippen LogP contribution in [0.1, 0.15) is 28.5 Å². The zero-order valence-corrected chi connectivity index (χ0v) is 15.1. The van der Waals surface area contributed by atoms with Crippen LogP contribution in [-0.2, 0) is 6.54 Å². The first-order valence-corrected chi connectivity index (χ1v) is 8.80. The fourth-order valence-corrected chi connectivity index (χ4v) is 2.91. The van der Waals surface area contributed by atoms with Crippen LogP contribution in [0.5, 0.6) is 0 Å². The molecule has 2 aromatic carbocycles. The molecule has 4 heteroatoms. The fourth-order valence-electron chi connectivity index (χ4n) is 2.91. The summed E-state index contributed by atoms with van der Waals surface area (Å²) in [5.41, 5.74) is 4.74. The number of hydrogen-bond donors (Lipinski definition) is 1. The number of aryl methyl sites for hydroxylation is 1. The van der Waals surface area contributed by atoms with Crippen molar-refractivity contribution >= 4 is 17.3 Å². The van der Waals surface area contributed by atoms with Crippen molar-refractivity contribution in [1.82, 2.24) is 10.3 Å². The molecule has 0 bridgehead atoms. The van der Waals surface area contributed by atoms with Gasteiger partial charge in [0.15, 0.2) is 0 Å². The van der Waals surface area contributed by atoms with Crippen LogP contribution in [0.25, 0.3) is 0 Å². The topological polar surface area (TPSA) is 45.2 Å². The summed E-state index contributed by atoms with van der Waals surface area (Å²) in [6.45, 7) is 5.43. The summed E-state index contributed by atoms with van der Waals surface area (Å²) in [6.07, 6.45) is 1.68. The third kappa shape index (κ3) is 4.09. The molecule has 1 aromatic heterocycles. The highest BCUT2D eigenvalue weighted by atomic mass is 16.1. The minimum atomic E-state index is -0.167. The van der Waals surface area contributed by atoms with E-state index in [4.69, 9.17) is 0 Å². The average molecular weight is 345 g/mol. The molecule has 0 unspecified atom stereocenters. The third-order valence-electron chi connectivity index (χ3n) is 4.37. The van der Waals surface area contributed by atoms with Crippen LogP contribution in [0.2, 0.25) is 0 Å². The molecule has 0 aliphatic carbocycles. The molecule has 1 heterocycles. The molecule has 0 spiro atoms. The number of carbonyl (C=O) groups is 1. The standard InChI is InChI=1S/C22H23N3O/c1-3-25(19-11-5-4-6-12-19)20-13-14-23-21(15-20)22(26)24-16-18-10-8-7-9-17(18)2/h4-15H,3,16H2,1-2H3,(H,24,26). The lowest BCUT2D eigenvalue weighted by molar-refractivity contribution is 0.0946. The Morgan fingerprint density at radius 2 is 1.73 bits per heavy atom. The Morgan fingerprint density at radius 3 is 2.46 bits per heavy atom. The highest BCUT2D eigenvalue weighted by molar-refractivity contribution is 5.93. The molecule has 1 amide bonds. The summed E-state index contributed by atoms with van der Waals surface area (Å²) in [5.74, 6) is -0.167. The molecule has 1 N–H and O–H groups in total. The molecule has 0 aliphatic rings. The summed E-state index contributed by atoms with van der Waals surface area (Å²) in [7, 11) is 0. The molecule has 0 saturated heterocycles. The van der Waals surface area contributed by atoms with E-state index in [0.29, 0.717) is 12.2 Å². The Kier molecular flexibility index (Phi) is 5.64. The molecule has 0 aliphatic heterocycles. The van der Waals surface area contributed by atoms with Crippen molar-refractivity contribution < 1.29 is 4.79 Å². The van der Waals surface area contributed by atoms with Crippen molar-refractivity contribution in [2.45, 2.75) is 20.4 Å². The lowest BCUT2D eigenvalue weighted by atomic mass is 10.1. The first-order chi connectivity index (χ1) is 12.7. The molecule has 4 nitrogen and oxygen atoms in total. The number of nitrogens with one attached hydrogen (secondary N) is 1. The van der Waals surface area contributed by atoms with Gasteiger partial charge in [-0.2, -0.15) is 0 Å². The van der Waals surface area contributed by atoms with E-state index in [0.717, 1.165) is 29.0 Å². The van der Waals surface area contributed by atoms with Crippen LogP contribution in [0, 0.1) is 6.92 Å². The average Bonchev–Trinajstić information content (AvgIpc) is 2.69. The van der Waals surface area contributed by atoms with Crippen LogP contribution in [-0.4, -0.2) is 17.4 Å². The van der Waals surface area contributed by atoms with Gasteiger partial charge in [0.1, 0.15) is 5.69 Å². The van der Waals surface area contributed by atoms with E-state index < -0.39 is 0 Å². The Morgan fingerprint density at radius 1 is 1.00 bits per heavy atom. The number of para-hydroxylation sites is 1. The van der Waals surface area contributed by atoms with Gasteiger partial charge in [-0.05, 0) is 49.2 Å². The second-order valence-electron chi connectivity index (χ2n) is 6.09. The normalized spacial score (nSPS) is 10.4. The van der Waals surface area contributed by atoms with Crippen LogP contribution >= 0.6 is 0 Å². The van der Waals surface area contributed by atoms with Gasteiger partial charge in [0, 0.05) is 30.7 Å². The largest absolute Gasteiger partial charge is 0.347 e. The van der Waals surface area contributed by atoms with Gasteiger partial charge in [-0.1, -0.05) is 42.5 Å². The minimum absolute atomic E-state index is 0.167. The number of hydrogen-bond acceptors (Lipinski definition) is 3. The number of pyridine rings is 1. The molecule has 26 heavy (non-hydrogen) atoms. The Bertz CT molecular complexity index is 877. The zero-order chi connectivity index (χ0) is 18.4. The summed E-state index contributed by atoms with van der Waals surface area (Å²) in [6, 6.07) is 21.9. The van der Waals surface area contributed by atoms with E-state index in [1.807, 2.05) is 61.5 Å². The SMILES string of the molecule is CCN(c1ccccc1)c1ccnc(C(=O)NCc2ccccc2C)c1. The Balaban J connectivity index is 1.76. The number of carbonyl (C=O) groups excluding carboxylic acids is 1. The second-order valence-corrected chi connectivity index (χ2v) is 6.09. The first kappa shape index (κ1) is 17.7. The Labute approximate surface area is 154 Å². The maximum absolute atomic E-state index is 12.5. The van der Waals surface area contributed by atoms with Crippen LogP contribution in [0.15, 0.2) is 72.9 Å². The monoisotopic (exact) mass is 345 g/mol. The van der Waals surface area contributed by atoms with Gasteiger partial charge in [0.2, 0.25) is 0 Å². The van der Waals surface area contributed by atoms with Gasteiger partial charge in [-0.3, -0.25) is 9.78 Å². The molecular formula is C22H23N3O. The summed E-state index contributed by atoms with van der Waals surface area (Å²) in [5, 5.41) is 2.96. The first-order valence-electron chi connectivity index (χ1n) is 8.80. The fraction of sp³-hybridized carbons (Fsp3) is 0.182. The van der Waals surface area contributed by atoms with E-state index in [9.17, 15) is 4.79 Å². The van der Waals surface area contributed by atoms with Crippen molar-refractivity contribution in [2.75, 3.05) is 11.4 Å². The van der Waals surface area contributed by atoms with E-state index >= 15 is 0 Å². The minimum Gasteiger partial charge on any atom is -0.347 e. The highest BCUT2D eigenvalue weighted by Gasteiger charge is 2.12. The number of anilines is 2. The highest BCUT2D eigenvalue weighted by Crippen LogP contribution is 2.24. The molecule has 132 valence electrons. The van der Waals surface area contributed by atoms with Gasteiger partial charge in [0.05, 0.1) is 0 Å². The maximum atomic E-state index is 12.5. The van der Waals surface area contributed by atoms with Crippen LogP contribution in [0.4, 0.5) is 11.4 Å². The number of aromatic nitrogens is 1. The molecule has 0 radical (unpaired) electrons. The van der Waals surface area contributed by atoms with E-state index in [1.165, 1.54) is 0 Å². The number of benzene rings is 2. The predicted octanol–water partition coefficient (Wildman–Crippen LogP) is 4.48. The number of nitrogens with zero attached hydrogens (tertiary/aromatic N) is 2. The Hall–Kier alpha value is -3.14. The van der Waals surface area contributed by atoms with E-state index in [1.54, 1.807) is 6.20 Å². The van der Waals surface area contributed by atoms with Crippen molar-refractivity contribution in [3.8, 4) is 0 Å². The second kappa shape index (κ2) is 8.30. The number of rotatable bonds is 6. The number of amides is 1. The van der Waals surface area contributed by atoms with Gasteiger partial charge in [-0.15, -0.1) is 0 Å².